The third kappa shape index (κ3) is 5.56. The zero-order valence-electron chi connectivity index (χ0n) is 10.5. The van der Waals surface area contributed by atoms with Gasteiger partial charge in [-0.2, -0.15) is 8.42 Å². The summed E-state index contributed by atoms with van der Waals surface area (Å²) in [6, 6.07) is 3.97. The third-order valence-corrected chi connectivity index (χ3v) is 2.84. The number of halogens is 1. The molecule has 0 amide bonds. The van der Waals surface area contributed by atoms with Crippen LogP contribution in [-0.4, -0.2) is 33.3 Å². The maximum Gasteiger partial charge on any atom is 1.00 e. The SMILES string of the molecule is COCCOc1ccc(Cl)cc1S(=O)(=O)O.[H-].[Na+]. The van der Waals surface area contributed by atoms with Gasteiger partial charge in [0, 0.05) is 12.1 Å². The normalized spacial score (nSPS) is 10.8. The summed E-state index contributed by atoms with van der Waals surface area (Å²) < 4.78 is 40.9. The van der Waals surface area contributed by atoms with Crippen LogP contribution in [0.2, 0.25) is 5.02 Å². The molecule has 0 saturated heterocycles. The summed E-state index contributed by atoms with van der Waals surface area (Å²) in [4.78, 5) is -0.351. The minimum atomic E-state index is -4.34. The Kier molecular flexibility index (Phi) is 7.66. The molecule has 0 saturated carbocycles. The molecular formula is C9H12ClNaO5S. The molecule has 0 aliphatic rings. The van der Waals surface area contributed by atoms with Crippen molar-refractivity contribution in [2.75, 3.05) is 20.3 Å². The van der Waals surface area contributed by atoms with E-state index in [4.69, 9.17) is 25.6 Å². The Morgan fingerprint density at radius 1 is 1.41 bits per heavy atom. The largest absolute Gasteiger partial charge is 1.00 e. The van der Waals surface area contributed by atoms with Crippen LogP contribution in [0.1, 0.15) is 1.43 Å². The fraction of sp³-hybridized carbons (Fsp3) is 0.333. The molecule has 1 rings (SSSR count). The van der Waals surface area contributed by atoms with Gasteiger partial charge in [-0.3, -0.25) is 4.55 Å². The van der Waals surface area contributed by atoms with E-state index in [0.717, 1.165) is 6.07 Å². The van der Waals surface area contributed by atoms with Crippen LogP contribution >= 0.6 is 11.6 Å². The van der Waals surface area contributed by atoms with Gasteiger partial charge in [0.15, 0.2) is 0 Å². The van der Waals surface area contributed by atoms with Crippen molar-refractivity contribution in [2.24, 2.45) is 0 Å². The van der Waals surface area contributed by atoms with Crippen LogP contribution in [-0.2, 0) is 14.9 Å². The van der Waals surface area contributed by atoms with Gasteiger partial charge >= 0.3 is 29.6 Å². The Bertz CT molecular complexity index is 468. The van der Waals surface area contributed by atoms with Crippen molar-refractivity contribution >= 4 is 21.7 Å². The molecule has 17 heavy (non-hydrogen) atoms. The first kappa shape index (κ1) is 17.2. The van der Waals surface area contributed by atoms with E-state index in [-0.39, 0.29) is 53.3 Å². The summed E-state index contributed by atoms with van der Waals surface area (Å²) in [7, 11) is -2.85. The molecule has 1 N–H and O–H groups in total. The van der Waals surface area contributed by atoms with Crippen molar-refractivity contribution in [1.82, 2.24) is 0 Å². The first-order chi connectivity index (χ1) is 7.45. The van der Waals surface area contributed by atoms with Gasteiger partial charge in [-0.25, -0.2) is 0 Å². The van der Waals surface area contributed by atoms with Gasteiger partial charge in [0.1, 0.15) is 17.3 Å². The van der Waals surface area contributed by atoms with Crippen molar-refractivity contribution < 1.29 is 53.4 Å². The Balaban J connectivity index is 0. The molecule has 0 atom stereocenters. The maximum absolute atomic E-state index is 11.0. The molecule has 0 aromatic heterocycles. The number of methoxy groups -OCH3 is 1. The van der Waals surface area contributed by atoms with E-state index in [2.05, 4.69) is 0 Å². The van der Waals surface area contributed by atoms with E-state index in [1.54, 1.807) is 0 Å². The van der Waals surface area contributed by atoms with Crippen LogP contribution in [0.5, 0.6) is 5.75 Å². The number of hydrogen-bond acceptors (Lipinski definition) is 4. The van der Waals surface area contributed by atoms with E-state index in [0.29, 0.717) is 6.61 Å². The first-order valence-electron chi connectivity index (χ1n) is 4.34. The minimum Gasteiger partial charge on any atom is -1.00 e. The zero-order chi connectivity index (χ0) is 12.2. The van der Waals surface area contributed by atoms with Gasteiger partial charge < -0.3 is 10.9 Å². The van der Waals surface area contributed by atoms with E-state index < -0.39 is 10.1 Å². The van der Waals surface area contributed by atoms with Gasteiger partial charge in [-0.15, -0.1) is 0 Å². The number of ether oxygens (including phenoxy) is 2. The van der Waals surface area contributed by atoms with Crippen molar-refractivity contribution in [3.05, 3.63) is 23.2 Å². The second-order valence-electron chi connectivity index (χ2n) is 2.91. The van der Waals surface area contributed by atoms with Gasteiger partial charge in [0.2, 0.25) is 0 Å². The van der Waals surface area contributed by atoms with Crippen LogP contribution < -0.4 is 34.3 Å². The summed E-state index contributed by atoms with van der Waals surface area (Å²) in [5.74, 6) is 0.0453. The summed E-state index contributed by atoms with van der Waals surface area (Å²) >= 11 is 5.63. The van der Waals surface area contributed by atoms with Crippen LogP contribution in [0.3, 0.4) is 0 Å². The van der Waals surface area contributed by atoms with Gasteiger partial charge in [0.25, 0.3) is 10.1 Å². The second-order valence-corrected chi connectivity index (χ2v) is 4.73. The zero-order valence-corrected chi connectivity index (χ0v) is 13.1. The molecule has 0 aliphatic carbocycles. The summed E-state index contributed by atoms with van der Waals surface area (Å²) in [5, 5.41) is 0.201. The van der Waals surface area contributed by atoms with Crippen molar-refractivity contribution in [2.45, 2.75) is 4.90 Å². The minimum absolute atomic E-state index is 0. The smallest absolute Gasteiger partial charge is 1.00 e. The predicted molar refractivity (Wildman–Crippen MR) is 59.7 cm³/mol. The molecular weight excluding hydrogens is 279 g/mol. The van der Waals surface area contributed by atoms with Crippen LogP contribution in [0, 0.1) is 0 Å². The number of hydrogen-bond donors (Lipinski definition) is 1. The Morgan fingerprint density at radius 3 is 2.59 bits per heavy atom. The molecule has 0 heterocycles. The standard InChI is InChI=1S/C9H11ClO5S.Na.H/c1-14-4-5-15-8-3-2-7(10)6-9(8)16(11,12)13;;/h2-3,6H,4-5H2,1H3,(H,11,12,13);;/q;+1;-1. The van der Waals surface area contributed by atoms with Crippen LogP contribution in [0.15, 0.2) is 23.1 Å². The summed E-state index contributed by atoms with van der Waals surface area (Å²) in [6.45, 7) is 0.494. The van der Waals surface area contributed by atoms with E-state index in [9.17, 15) is 8.42 Å². The molecule has 8 heteroatoms. The summed E-state index contributed by atoms with van der Waals surface area (Å²) in [5.41, 5.74) is 0. The predicted octanol–water partition coefficient (Wildman–Crippen LogP) is -1.27. The quantitative estimate of drug-likeness (QED) is 0.416. The Hall–Kier alpha value is 0.180. The average Bonchev–Trinajstić information content (AvgIpc) is 2.19. The van der Waals surface area contributed by atoms with Gasteiger partial charge in [-0.1, -0.05) is 11.6 Å². The van der Waals surface area contributed by atoms with Crippen molar-refractivity contribution in [3.63, 3.8) is 0 Å². The number of benzene rings is 1. The molecule has 92 valence electrons. The van der Waals surface area contributed by atoms with Gasteiger partial charge in [-0.05, 0) is 18.2 Å². The fourth-order valence-corrected chi connectivity index (χ4v) is 1.93. The molecule has 1 aromatic carbocycles. The molecule has 1 aromatic rings. The summed E-state index contributed by atoms with van der Waals surface area (Å²) in [6.07, 6.45) is 0. The Morgan fingerprint density at radius 2 is 2.06 bits per heavy atom. The maximum atomic E-state index is 11.0. The van der Waals surface area contributed by atoms with Crippen molar-refractivity contribution in [1.29, 1.82) is 0 Å². The van der Waals surface area contributed by atoms with Gasteiger partial charge in [0.05, 0.1) is 6.61 Å². The third-order valence-electron chi connectivity index (χ3n) is 1.73. The van der Waals surface area contributed by atoms with Crippen LogP contribution in [0.4, 0.5) is 0 Å². The molecule has 0 aliphatic heterocycles. The first-order valence-corrected chi connectivity index (χ1v) is 6.15. The van der Waals surface area contributed by atoms with E-state index in [1.807, 2.05) is 0 Å². The molecule has 0 spiro atoms. The van der Waals surface area contributed by atoms with E-state index in [1.165, 1.54) is 19.2 Å². The molecule has 0 radical (unpaired) electrons. The van der Waals surface area contributed by atoms with Crippen LogP contribution in [0.25, 0.3) is 0 Å². The second kappa shape index (κ2) is 7.58. The topological polar surface area (TPSA) is 72.8 Å². The molecule has 5 nitrogen and oxygen atoms in total. The average molecular weight is 291 g/mol. The molecule has 0 bridgehead atoms. The molecule has 0 unspecified atom stereocenters. The monoisotopic (exact) mass is 290 g/mol. The van der Waals surface area contributed by atoms with Crippen molar-refractivity contribution in [3.8, 4) is 5.75 Å². The fourth-order valence-electron chi connectivity index (χ4n) is 1.04. The molecule has 0 fully saturated rings. The van der Waals surface area contributed by atoms with E-state index >= 15 is 0 Å². The number of rotatable bonds is 5. The Labute approximate surface area is 129 Å².